The van der Waals surface area contributed by atoms with E-state index in [4.69, 9.17) is 15.0 Å². The van der Waals surface area contributed by atoms with Gasteiger partial charge in [-0.2, -0.15) is 0 Å². The van der Waals surface area contributed by atoms with Crippen molar-refractivity contribution in [3.8, 4) is 5.75 Å². The summed E-state index contributed by atoms with van der Waals surface area (Å²) in [6.45, 7) is 1.37. The van der Waals surface area contributed by atoms with Crippen LogP contribution in [0.15, 0.2) is 40.8 Å². The first-order valence-electron chi connectivity index (χ1n) is 6.53. The van der Waals surface area contributed by atoms with Gasteiger partial charge in [-0.3, -0.25) is 15.1 Å². The van der Waals surface area contributed by atoms with Crippen molar-refractivity contribution in [1.29, 1.82) is 0 Å². The van der Waals surface area contributed by atoms with Gasteiger partial charge in [0.2, 0.25) is 0 Å². The quantitative estimate of drug-likeness (QED) is 0.479. The number of amides is 1. The fourth-order valence-corrected chi connectivity index (χ4v) is 2.02. The molecule has 0 aliphatic heterocycles. The van der Waals surface area contributed by atoms with E-state index in [1.165, 1.54) is 5.56 Å². The van der Waals surface area contributed by atoms with Gasteiger partial charge in [0.25, 0.3) is 0 Å². The summed E-state index contributed by atoms with van der Waals surface area (Å²) >= 11 is 0. The number of nitrogens with one attached hydrogen (secondary N) is 1. The number of carbonyl (C=O) groups excluding carboxylic acids is 1. The molecule has 0 unspecified atom stereocenters. The van der Waals surface area contributed by atoms with E-state index >= 15 is 0 Å². The number of furan rings is 1. The lowest BCUT2D eigenvalue weighted by atomic mass is 10.2. The fraction of sp³-hybridized carbons (Fsp3) is 0.267. The molecule has 2 aromatic rings. The molecule has 112 valence electrons. The Morgan fingerprint density at radius 2 is 1.95 bits per heavy atom. The molecule has 0 aliphatic rings. The molecule has 1 aromatic carbocycles. The highest BCUT2D eigenvalue weighted by Crippen LogP contribution is 2.15. The van der Waals surface area contributed by atoms with E-state index in [1.54, 1.807) is 19.2 Å². The zero-order valence-corrected chi connectivity index (χ0v) is 12.1. The number of rotatable bonds is 6. The van der Waals surface area contributed by atoms with Crippen LogP contribution in [0, 0.1) is 0 Å². The highest BCUT2D eigenvalue weighted by molar-refractivity contribution is 5.90. The van der Waals surface area contributed by atoms with Crippen molar-refractivity contribution in [3.05, 3.63) is 53.5 Å². The molecule has 0 fully saturated rings. The lowest BCUT2D eigenvalue weighted by Crippen LogP contribution is -2.29. The van der Waals surface area contributed by atoms with Crippen molar-refractivity contribution in [2.45, 2.75) is 13.1 Å². The molecule has 3 N–H and O–H groups in total. The second-order valence-electron chi connectivity index (χ2n) is 4.76. The third-order valence-electron chi connectivity index (χ3n) is 3.05. The first kappa shape index (κ1) is 15.1. The van der Waals surface area contributed by atoms with Crippen molar-refractivity contribution in [3.63, 3.8) is 0 Å². The van der Waals surface area contributed by atoms with E-state index < -0.39 is 5.91 Å². The van der Waals surface area contributed by atoms with Crippen molar-refractivity contribution < 1.29 is 13.9 Å². The summed E-state index contributed by atoms with van der Waals surface area (Å²) in [5, 5.41) is 0. The smallest absolute Gasteiger partial charge is 0.300 e. The molecule has 0 atom stereocenters. The second-order valence-corrected chi connectivity index (χ2v) is 4.76. The average molecular weight is 289 g/mol. The van der Waals surface area contributed by atoms with Gasteiger partial charge in [0, 0.05) is 6.54 Å². The number of nitrogens with two attached hydrogens (primary N) is 1. The number of nitrogen functional groups attached to an aromatic ring is 1. The molecule has 0 radical (unpaired) electrons. The van der Waals surface area contributed by atoms with Crippen molar-refractivity contribution in [1.82, 2.24) is 10.3 Å². The summed E-state index contributed by atoms with van der Waals surface area (Å²) in [4.78, 5) is 13.4. The molecule has 6 heteroatoms. The molecule has 2 rings (SSSR count). The van der Waals surface area contributed by atoms with Crippen LogP contribution in [0.25, 0.3) is 0 Å². The number of benzene rings is 1. The van der Waals surface area contributed by atoms with Gasteiger partial charge in [-0.15, -0.1) is 0 Å². The van der Waals surface area contributed by atoms with E-state index in [0.29, 0.717) is 12.3 Å². The first-order chi connectivity index (χ1) is 10.1. The van der Waals surface area contributed by atoms with Gasteiger partial charge in [0.1, 0.15) is 11.5 Å². The predicted octanol–water partition coefficient (Wildman–Crippen LogP) is 1.52. The Hall–Kier alpha value is -2.31. The Morgan fingerprint density at radius 3 is 2.57 bits per heavy atom. The largest absolute Gasteiger partial charge is 0.497 e. The van der Waals surface area contributed by atoms with Gasteiger partial charge < -0.3 is 9.15 Å². The van der Waals surface area contributed by atoms with Crippen molar-refractivity contribution >= 4 is 5.91 Å². The van der Waals surface area contributed by atoms with Crippen molar-refractivity contribution in [2.75, 3.05) is 14.2 Å². The van der Waals surface area contributed by atoms with Gasteiger partial charge in [0.05, 0.1) is 13.7 Å². The SMILES string of the molecule is COc1ccc(CN(C)Cc2ccc(C(=O)NN)o2)cc1. The van der Waals surface area contributed by atoms with Crippen LogP contribution in [0.5, 0.6) is 5.75 Å². The highest BCUT2D eigenvalue weighted by Gasteiger charge is 2.11. The third-order valence-corrected chi connectivity index (χ3v) is 3.05. The molecule has 0 saturated carbocycles. The molecular formula is C15H19N3O3. The number of carbonyl (C=O) groups is 1. The van der Waals surface area contributed by atoms with E-state index in [1.807, 2.05) is 36.7 Å². The average Bonchev–Trinajstić information content (AvgIpc) is 2.95. The van der Waals surface area contributed by atoms with Gasteiger partial charge in [-0.1, -0.05) is 12.1 Å². The maximum Gasteiger partial charge on any atom is 0.300 e. The van der Waals surface area contributed by atoms with Gasteiger partial charge in [0.15, 0.2) is 5.76 Å². The molecule has 6 nitrogen and oxygen atoms in total. The summed E-state index contributed by atoms with van der Waals surface area (Å²) in [5.74, 6) is 6.39. The van der Waals surface area contributed by atoms with E-state index in [0.717, 1.165) is 12.3 Å². The number of methoxy groups -OCH3 is 1. The molecule has 0 bridgehead atoms. The molecular weight excluding hydrogens is 270 g/mol. The van der Waals surface area contributed by atoms with Crippen LogP contribution in [0.3, 0.4) is 0 Å². The molecule has 0 saturated heterocycles. The maximum absolute atomic E-state index is 11.3. The zero-order valence-electron chi connectivity index (χ0n) is 12.1. The molecule has 1 amide bonds. The van der Waals surface area contributed by atoms with Crippen LogP contribution in [0.1, 0.15) is 21.9 Å². The zero-order chi connectivity index (χ0) is 15.2. The summed E-state index contributed by atoms with van der Waals surface area (Å²) in [5.41, 5.74) is 3.21. The number of nitrogens with zero attached hydrogens (tertiary/aromatic N) is 1. The lowest BCUT2D eigenvalue weighted by molar-refractivity contribution is 0.0922. The summed E-state index contributed by atoms with van der Waals surface area (Å²) in [7, 11) is 3.63. The Balaban J connectivity index is 1.92. The number of hydrogen-bond donors (Lipinski definition) is 2. The summed E-state index contributed by atoms with van der Waals surface area (Å²) in [6.07, 6.45) is 0. The topological polar surface area (TPSA) is 80.7 Å². The number of hydrogen-bond acceptors (Lipinski definition) is 5. The van der Waals surface area contributed by atoms with Crippen LogP contribution in [0.2, 0.25) is 0 Å². The minimum absolute atomic E-state index is 0.213. The summed E-state index contributed by atoms with van der Waals surface area (Å²) in [6, 6.07) is 11.3. The van der Waals surface area contributed by atoms with Gasteiger partial charge in [-0.05, 0) is 36.9 Å². The Bertz CT molecular complexity index is 592. The highest BCUT2D eigenvalue weighted by atomic mass is 16.5. The maximum atomic E-state index is 11.3. The van der Waals surface area contributed by atoms with Crippen LogP contribution in [-0.4, -0.2) is 25.0 Å². The Morgan fingerprint density at radius 1 is 1.24 bits per heavy atom. The number of ether oxygens (including phenoxy) is 1. The van der Waals surface area contributed by atoms with Crippen LogP contribution in [-0.2, 0) is 13.1 Å². The molecule has 1 aromatic heterocycles. The van der Waals surface area contributed by atoms with Crippen molar-refractivity contribution in [2.24, 2.45) is 5.84 Å². The standard InChI is InChI=1S/C15H19N3O3/c1-18(9-11-3-5-12(20-2)6-4-11)10-13-7-8-14(21-13)15(19)17-16/h3-8H,9-10,16H2,1-2H3,(H,17,19). The van der Waals surface area contributed by atoms with Gasteiger partial charge >= 0.3 is 5.91 Å². The third kappa shape index (κ3) is 4.08. The monoisotopic (exact) mass is 289 g/mol. The minimum atomic E-state index is -0.431. The van der Waals surface area contributed by atoms with E-state index in [9.17, 15) is 4.79 Å². The van der Waals surface area contributed by atoms with E-state index in [2.05, 4.69) is 4.90 Å². The number of hydrazine groups is 1. The lowest BCUT2D eigenvalue weighted by Gasteiger charge is -2.15. The van der Waals surface area contributed by atoms with E-state index in [-0.39, 0.29) is 5.76 Å². The molecule has 21 heavy (non-hydrogen) atoms. The molecule has 1 heterocycles. The van der Waals surface area contributed by atoms with Crippen LogP contribution >= 0.6 is 0 Å². The fourth-order valence-electron chi connectivity index (χ4n) is 2.02. The predicted molar refractivity (Wildman–Crippen MR) is 78.5 cm³/mol. The normalized spacial score (nSPS) is 10.7. The Kier molecular flexibility index (Phi) is 4.97. The van der Waals surface area contributed by atoms with Gasteiger partial charge in [-0.25, -0.2) is 5.84 Å². The molecule has 0 aliphatic carbocycles. The second kappa shape index (κ2) is 6.92. The first-order valence-corrected chi connectivity index (χ1v) is 6.53. The minimum Gasteiger partial charge on any atom is -0.497 e. The Labute approximate surface area is 123 Å². The summed E-state index contributed by atoms with van der Waals surface area (Å²) < 4.78 is 10.6. The van der Waals surface area contributed by atoms with Crippen LogP contribution < -0.4 is 16.0 Å². The molecule has 0 spiro atoms. The van der Waals surface area contributed by atoms with Crippen LogP contribution in [0.4, 0.5) is 0 Å².